The molecule has 1 aliphatic rings. The Morgan fingerprint density at radius 1 is 1.43 bits per heavy atom. The zero-order chi connectivity index (χ0) is 15.5. The van der Waals surface area contributed by atoms with Gasteiger partial charge in [0.25, 0.3) is 0 Å². The van der Waals surface area contributed by atoms with Gasteiger partial charge in [-0.25, -0.2) is 17.5 Å². The van der Waals surface area contributed by atoms with Crippen LogP contribution in [0.3, 0.4) is 0 Å². The molecule has 0 radical (unpaired) electrons. The largest absolute Gasteiger partial charge is 0.370 e. The smallest absolute Gasteiger partial charge is 0.248 e. The first kappa shape index (κ1) is 15.9. The molecule has 1 aliphatic heterocycles. The molecule has 1 saturated heterocycles. The number of aryl methyl sites for hydroxylation is 1. The van der Waals surface area contributed by atoms with Crippen molar-refractivity contribution >= 4 is 15.9 Å². The van der Waals surface area contributed by atoms with E-state index < -0.39 is 15.8 Å². The van der Waals surface area contributed by atoms with Gasteiger partial charge >= 0.3 is 0 Å². The van der Waals surface area contributed by atoms with Crippen LogP contribution >= 0.6 is 0 Å². The van der Waals surface area contributed by atoms with Gasteiger partial charge in [-0.2, -0.15) is 0 Å². The predicted molar refractivity (Wildman–Crippen MR) is 73.7 cm³/mol. The monoisotopic (exact) mass is 316 g/mol. The summed E-state index contributed by atoms with van der Waals surface area (Å²) in [6.45, 7) is 2.82. The summed E-state index contributed by atoms with van der Waals surface area (Å²) in [5, 5.41) is 0. The van der Waals surface area contributed by atoms with E-state index in [1.807, 2.05) is 0 Å². The first-order valence-electron chi connectivity index (χ1n) is 6.51. The number of hydrogen-bond donors (Lipinski definition) is 1. The zero-order valence-corrected chi connectivity index (χ0v) is 12.5. The molecule has 0 bridgehead atoms. The van der Waals surface area contributed by atoms with E-state index in [2.05, 4.69) is 4.72 Å². The Hall–Kier alpha value is -1.51. The fraction of sp³-hybridized carbons (Fsp3) is 0.462. The van der Waals surface area contributed by atoms with Crippen LogP contribution in [0.25, 0.3) is 0 Å². The third-order valence-electron chi connectivity index (χ3n) is 3.20. The van der Waals surface area contributed by atoms with Crippen LogP contribution in [0.2, 0.25) is 0 Å². The molecule has 21 heavy (non-hydrogen) atoms. The number of nitrogens with one attached hydrogen (secondary N) is 1. The fourth-order valence-electron chi connectivity index (χ4n) is 1.97. The first-order chi connectivity index (χ1) is 9.90. The predicted octanol–water partition coefficient (Wildman–Crippen LogP) is 0.271. The minimum Gasteiger partial charge on any atom is -0.370 e. The summed E-state index contributed by atoms with van der Waals surface area (Å²) in [4.78, 5) is 13.0. The molecule has 0 aromatic heterocycles. The second-order valence-corrected chi connectivity index (χ2v) is 6.51. The Morgan fingerprint density at radius 3 is 2.86 bits per heavy atom. The van der Waals surface area contributed by atoms with Crippen LogP contribution in [0.1, 0.15) is 5.56 Å². The molecule has 8 heteroatoms. The molecule has 0 atom stereocenters. The maximum Gasteiger partial charge on any atom is 0.248 e. The maximum absolute atomic E-state index is 13.2. The number of benzene rings is 1. The van der Waals surface area contributed by atoms with E-state index in [9.17, 15) is 17.6 Å². The van der Waals surface area contributed by atoms with Gasteiger partial charge in [-0.05, 0) is 30.7 Å². The quantitative estimate of drug-likeness (QED) is 0.846. The SMILES string of the molecule is Cc1cc(S(=O)(=O)NCCN2CCOCC2=O)ccc1F. The Labute approximate surface area is 122 Å². The highest BCUT2D eigenvalue weighted by Crippen LogP contribution is 2.13. The lowest BCUT2D eigenvalue weighted by molar-refractivity contribution is -0.142. The Balaban J connectivity index is 1.94. The molecular weight excluding hydrogens is 299 g/mol. The van der Waals surface area contributed by atoms with Crippen LogP contribution in [0.5, 0.6) is 0 Å². The Kier molecular flexibility index (Phi) is 4.92. The van der Waals surface area contributed by atoms with E-state index in [4.69, 9.17) is 4.74 Å². The van der Waals surface area contributed by atoms with Crippen LogP contribution in [0.4, 0.5) is 4.39 Å². The van der Waals surface area contributed by atoms with Gasteiger partial charge in [0.15, 0.2) is 0 Å². The molecule has 1 aromatic rings. The van der Waals surface area contributed by atoms with Crippen molar-refractivity contribution in [3.63, 3.8) is 0 Å². The lowest BCUT2D eigenvalue weighted by atomic mass is 10.2. The van der Waals surface area contributed by atoms with Crippen molar-refractivity contribution in [1.29, 1.82) is 0 Å². The van der Waals surface area contributed by atoms with Crippen LogP contribution in [0.15, 0.2) is 23.1 Å². The summed E-state index contributed by atoms with van der Waals surface area (Å²) in [5.74, 6) is -0.606. The molecule has 0 unspecified atom stereocenters. The average molecular weight is 316 g/mol. The topological polar surface area (TPSA) is 75.7 Å². The standard InChI is InChI=1S/C13H17FN2O4S/c1-10-8-11(2-3-12(10)14)21(18,19)15-4-5-16-6-7-20-9-13(16)17/h2-3,8,15H,4-7,9H2,1H3. The molecule has 0 saturated carbocycles. The van der Waals surface area contributed by atoms with Gasteiger partial charge in [0, 0.05) is 19.6 Å². The number of nitrogens with zero attached hydrogens (tertiary/aromatic N) is 1. The number of rotatable bonds is 5. The first-order valence-corrected chi connectivity index (χ1v) is 8.00. The second kappa shape index (κ2) is 6.50. The van der Waals surface area contributed by atoms with Gasteiger partial charge in [-0.1, -0.05) is 0 Å². The molecule has 0 spiro atoms. The summed E-state index contributed by atoms with van der Waals surface area (Å²) in [5.41, 5.74) is 0.265. The minimum absolute atomic E-state index is 0.00899. The van der Waals surface area contributed by atoms with Crippen LogP contribution in [0, 0.1) is 12.7 Å². The van der Waals surface area contributed by atoms with Crippen molar-refractivity contribution in [3.05, 3.63) is 29.6 Å². The second-order valence-electron chi connectivity index (χ2n) is 4.74. The van der Waals surface area contributed by atoms with E-state index in [1.165, 1.54) is 19.1 Å². The third-order valence-corrected chi connectivity index (χ3v) is 4.66. The molecule has 1 heterocycles. The summed E-state index contributed by atoms with van der Waals surface area (Å²) < 4.78 is 44.7. The summed E-state index contributed by atoms with van der Waals surface area (Å²) in [6, 6.07) is 3.61. The van der Waals surface area contributed by atoms with Crippen molar-refractivity contribution in [2.75, 3.05) is 32.8 Å². The van der Waals surface area contributed by atoms with Crippen molar-refractivity contribution in [2.45, 2.75) is 11.8 Å². The summed E-state index contributed by atoms with van der Waals surface area (Å²) in [7, 11) is -3.70. The van der Waals surface area contributed by atoms with Crippen molar-refractivity contribution in [1.82, 2.24) is 9.62 Å². The highest BCUT2D eigenvalue weighted by molar-refractivity contribution is 7.89. The van der Waals surface area contributed by atoms with Crippen LogP contribution in [-0.4, -0.2) is 52.1 Å². The molecule has 1 amide bonds. The van der Waals surface area contributed by atoms with Crippen LogP contribution in [-0.2, 0) is 19.6 Å². The highest BCUT2D eigenvalue weighted by atomic mass is 32.2. The van der Waals surface area contributed by atoms with E-state index in [-0.39, 0.29) is 36.1 Å². The van der Waals surface area contributed by atoms with E-state index >= 15 is 0 Å². The van der Waals surface area contributed by atoms with E-state index in [0.29, 0.717) is 13.2 Å². The molecule has 6 nitrogen and oxygen atoms in total. The molecule has 1 N–H and O–H groups in total. The molecule has 1 fully saturated rings. The maximum atomic E-state index is 13.2. The van der Waals surface area contributed by atoms with Gasteiger partial charge in [-0.3, -0.25) is 4.79 Å². The number of ether oxygens (including phenoxy) is 1. The molecule has 116 valence electrons. The third kappa shape index (κ3) is 3.99. The number of carbonyl (C=O) groups excluding carboxylic acids is 1. The lowest BCUT2D eigenvalue weighted by Gasteiger charge is -2.26. The van der Waals surface area contributed by atoms with Gasteiger partial charge in [-0.15, -0.1) is 0 Å². The summed E-state index contributed by atoms with van der Waals surface area (Å²) in [6.07, 6.45) is 0. The number of carbonyl (C=O) groups is 1. The summed E-state index contributed by atoms with van der Waals surface area (Å²) >= 11 is 0. The normalized spacial score (nSPS) is 16.3. The fourth-order valence-corrected chi connectivity index (χ4v) is 3.08. The highest BCUT2D eigenvalue weighted by Gasteiger charge is 2.20. The molecule has 0 aliphatic carbocycles. The number of morpholine rings is 1. The van der Waals surface area contributed by atoms with Gasteiger partial charge in [0.2, 0.25) is 15.9 Å². The van der Waals surface area contributed by atoms with Crippen LogP contribution < -0.4 is 4.72 Å². The Bertz CT molecular complexity index is 633. The number of halogens is 1. The number of amides is 1. The molecule has 2 rings (SSSR count). The molecule has 1 aromatic carbocycles. The van der Waals surface area contributed by atoms with E-state index in [0.717, 1.165) is 6.07 Å². The van der Waals surface area contributed by atoms with Gasteiger partial charge in [0.05, 0.1) is 11.5 Å². The number of sulfonamides is 1. The number of hydrogen-bond acceptors (Lipinski definition) is 4. The zero-order valence-electron chi connectivity index (χ0n) is 11.6. The van der Waals surface area contributed by atoms with Crippen molar-refractivity contribution < 1.29 is 22.3 Å². The van der Waals surface area contributed by atoms with Gasteiger partial charge < -0.3 is 9.64 Å². The minimum atomic E-state index is -3.70. The van der Waals surface area contributed by atoms with E-state index in [1.54, 1.807) is 4.90 Å². The van der Waals surface area contributed by atoms with Crippen molar-refractivity contribution in [2.24, 2.45) is 0 Å². The van der Waals surface area contributed by atoms with Gasteiger partial charge in [0.1, 0.15) is 12.4 Å². The lowest BCUT2D eigenvalue weighted by Crippen LogP contribution is -2.45. The van der Waals surface area contributed by atoms with Crippen molar-refractivity contribution in [3.8, 4) is 0 Å². The molecular formula is C13H17FN2O4S. The Morgan fingerprint density at radius 2 is 2.19 bits per heavy atom. The average Bonchev–Trinajstić information content (AvgIpc) is 2.44.